The van der Waals surface area contributed by atoms with Crippen LogP contribution < -0.4 is 0 Å². The summed E-state index contributed by atoms with van der Waals surface area (Å²) in [4.78, 5) is 13.7. The van der Waals surface area contributed by atoms with E-state index in [-0.39, 0.29) is 5.92 Å². The van der Waals surface area contributed by atoms with Crippen LogP contribution in [0, 0.1) is 51.4 Å². The van der Waals surface area contributed by atoms with Crippen molar-refractivity contribution >= 4 is 16.9 Å². The van der Waals surface area contributed by atoms with Gasteiger partial charge >= 0.3 is 0 Å². The molecule has 3 aliphatic carbocycles. The first-order chi connectivity index (χ1) is 12.9. The Hall–Kier alpha value is -2.15. The monoisotopic (exact) mass is 356 g/mol. The van der Waals surface area contributed by atoms with Crippen LogP contribution in [0.5, 0.6) is 0 Å². The minimum atomic E-state index is 0.232. The maximum atomic E-state index is 13.7. The summed E-state index contributed by atoms with van der Waals surface area (Å²) >= 11 is 0. The number of aryl methyl sites for hydroxylation is 4. The smallest absolute Gasteiger partial charge is 0.167 e. The van der Waals surface area contributed by atoms with E-state index in [9.17, 15) is 4.79 Å². The van der Waals surface area contributed by atoms with Gasteiger partial charge in [0.1, 0.15) is 0 Å². The van der Waals surface area contributed by atoms with Gasteiger partial charge in [-0.15, -0.1) is 0 Å². The van der Waals surface area contributed by atoms with E-state index in [4.69, 9.17) is 0 Å². The van der Waals surface area contributed by atoms with Gasteiger partial charge in [-0.2, -0.15) is 0 Å². The number of ketones is 1. The maximum absolute atomic E-state index is 13.7. The van der Waals surface area contributed by atoms with Crippen LogP contribution in [0.25, 0.3) is 11.1 Å². The Morgan fingerprint density at radius 1 is 0.667 bits per heavy atom. The van der Waals surface area contributed by atoms with E-state index < -0.39 is 0 Å². The molecule has 2 aromatic rings. The van der Waals surface area contributed by atoms with Crippen molar-refractivity contribution in [2.45, 2.75) is 47.0 Å². The van der Waals surface area contributed by atoms with Crippen molar-refractivity contribution in [1.82, 2.24) is 0 Å². The molecular formula is C26H28O. The first-order valence-corrected chi connectivity index (χ1v) is 10.4. The molecule has 138 valence electrons. The summed E-state index contributed by atoms with van der Waals surface area (Å²) in [5, 5.41) is 0. The van der Waals surface area contributed by atoms with Gasteiger partial charge in [-0.1, -0.05) is 58.7 Å². The Morgan fingerprint density at radius 2 is 1.15 bits per heavy atom. The lowest BCUT2D eigenvalue weighted by atomic mass is 9.76. The van der Waals surface area contributed by atoms with Crippen molar-refractivity contribution < 1.29 is 4.79 Å². The Balaban J connectivity index is 1.78. The summed E-state index contributed by atoms with van der Waals surface area (Å²) in [5.41, 5.74) is 9.87. The SMILES string of the molecule is Cc1cc(C)cc(C2=C(c3cc(C)cc(C)c3)[C@@H]3[C@H]4CC[C@H](C4)[C@@H]3C2=O)c1. The molecule has 2 bridgehead atoms. The van der Waals surface area contributed by atoms with Crippen molar-refractivity contribution in [3.8, 4) is 0 Å². The van der Waals surface area contributed by atoms with Gasteiger partial charge in [-0.25, -0.2) is 0 Å². The Labute approximate surface area is 162 Å². The molecule has 2 aromatic carbocycles. The van der Waals surface area contributed by atoms with Crippen molar-refractivity contribution in [3.05, 3.63) is 69.8 Å². The quantitative estimate of drug-likeness (QED) is 0.637. The van der Waals surface area contributed by atoms with Gasteiger partial charge in [0.25, 0.3) is 0 Å². The van der Waals surface area contributed by atoms with Gasteiger partial charge in [0.2, 0.25) is 0 Å². The average Bonchev–Trinajstić information content (AvgIpc) is 3.25. The minimum absolute atomic E-state index is 0.232. The van der Waals surface area contributed by atoms with Gasteiger partial charge in [-0.3, -0.25) is 4.79 Å². The molecule has 4 atom stereocenters. The summed E-state index contributed by atoms with van der Waals surface area (Å²) in [6, 6.07) is 13.5. The molecule has 0 N–H and O–H groups in total. The first kappa shape index (κ1) is 17.0. The van der Waals surface area contributed by atoms with Crippen LogP contribution >= 0.6 is 0 Å². The summed E-state index contributed by atoms with van der Waals surface area (Å²) in [6.45, 7) is 8.61. The topological polar surface area (TPSA) is 17.1 Å². The highest BCUT2D eigenvalue weighted by atomic mass is 16.1. The van der Waals surface area contributed by atoms with Crippen LogP contribution in [0.1, 0.15) is 52.6 Å². The molecule has 0 aliphatic heterocycles. The van der Waals surface area contributed by atoms with Gasteiger partial charge in [0, 0.05) is 11.5 Å². The lowest BCUT2D eigenvalue weighted by molar-refractivity contribution is -0.118. The Bertz CT molecular complexity index is 953. The number of carbonyl (C=O) groups is 1. The van der Waals surface area contributed by atoms with E-state index in [0.29, 0.717) is 23.5 Å². The molecule has 3 aliphatic rings. The fourth-order valence-electron chi connectivity index (χ4n) is 6.43. The number of Topliss-reactive ketones (excluding diaryl/α,β-unsaturated/α-hetero) is 1. The number of carbonyl (C=O) groups excluding carboxylic acids is 1. The van der Waals surface area contributed by atoms with Gasteiger partial charge in [-0.05, 0) is 81.4 Å². The largest absolute Gasteiger partial charge is 0.294 e. The van der Waals surface area contributed by atoms with Crippen molar-refractivity contribution in [3.63, 3.8) is 0 Å². The lowest BCUT2D eigenvalue weighted by Crippen LogP contribution is -2.24. The highest BCUT2D eigenvalue weighted by molar-refractivity contribution is 6.33. The van der Waals surface area contributed by atoms with Crippen molar-refractivity contribution in [2.24, 2.45) is 23.7 Å². The van der Waals surface area contributed by atoms with E-state index in [2.05, 4.69) is 64.1 Å². The number of rotatable bonds is 2. The summed E-state index contributed by atoms with van der Waals surface area (Å²) in [6.07, 6.45) is 3.81. The van der Waals surface area contributed by atoms with Crippen LogP contribution in [0.15, 0.2) is 36.4 Å². The number of hydrogen-bond donors (Lipinski definition) is 0. The summed E-state index contributed by atoms with van der Waals surface area (Å²) in [7, 11) is 0. The van der Waals surface area contributed by atoms with E-state index in [0.717, 1.165) is 11.1 Å². The molecule has 1 heteroatoms. The van der Waals surface area contributed by atoms with Gasteiger partial charge < -0.3 is 0 Å². The third kappa shape index (κ3) is 2.55. The van der Waals surface area contributed by atoms with Crippen LogP contribution in [0.4, 0.5) is 0 Å². The second-order valence-electron chi connectivity index (χ2n) is 9.29. The predicted molar refractivity (Wildman–Crippen MR) is 111 cm³/mol. The first-order valence-electron chi connectivity index (χ1n) is 10.4. The van der Waals surface area contributed by atoms with E-state index in [1.807, 2.05) is 0 Å². The van der Waals surface area contributed by atoms with Crippen molar-refractivity contribution in [1.29, 1.82) is 0 Å². The van der Waals surface area contributed by atoms with Gasteiger partial charge in [0.15, 0.2) is 5.78 Å². The molecule has 5 rings (SSSR count). The van der Waals surface area contributed by atoms with E-state index in [1.54, 1.807) is 0 Å². The fourth-order valence-corrected chi connectivity index (χ4v) is 6.43. The highest BCUT2D eigenvalue weighted by Crippen LogP contribution is 2.62. The lowest BCUT2D eigenvalue weighted by Gasteiger charge is -2.26. The number of allylic oxidation sites excluding steroid dienone is 2. The third-order valence-electron chi connectivity index (χ3n) is 7.11. The zero-order valence-corrected chi connectivity index (χ0v) is 16.8. The zero-order chi connectivity index (χ0) is 18.9. The van der Waals surface area contributed by atoms with Crippen LogP contribution in [-0.4, -0.2) is 5.78 Å². The summed E-state index contributed by atoms with van der Waals surface area (Å²) in [5.74, 6) is 2.40. The second kappa shape index (κ2) is 5.92. The minimum Gasteiger partial charge on any atom is -0.294 e. The third-order valence-corrected chi connectivity index (χ3v) is 7.11. The van der Waals surface area contributed by atoms with Crippen LogP contribution in [-0.2, 0) is 4.79 Å². The molecule has 2 fully saturated rings. The zero-order valence-electron chi connectivity index (χ0n) is 16.8. The highest BCUT2D eigenvalue weighted by Gasteiger charge is 2.57. The van der Waals surface area contributed by atoms with Crippen LogP contribution in [0.3, 0.4) is 0 Å². The fraction of sp³-hybridized carbons (Fsp3) is 0.423. The van der Waals surface area contributed by atoms with Crippen molar-refractivity contribution in [2.75, 3.05) is 0 Å². The molecular weight excluding hydrogens is 328 g/mol. The second-order valence-corrected chi connectivity index (χ2v) is 9.29. The number of benzene rings is 2. The molecule has 0 spiro atoms. The number of hydrogen-bond acceptors (Lipinski definition) is 1. The molecule has 27 heavy (non-hydrogen) atoms. The maximum Gasteiger partial charge on any atom is 0.167 e. The van der Waals surface area contributed by atoms with E-state index in [1.165, 1.54) is 52.7 Å². The summed E-state index contributed by atoms with van der Waals surface area (Å²) < 4.78 is 0. The molecule has 0 aromatic heterocycles. The molecule has 0 radical (unpaired) electrons. The molecule has 0 amide bonds. The predicted octanol–water partition coefficient (Wildman–Crippen LogP) is 6.08. The standard InChI is InChI=1S/C26H28O/c1-14-7-15(2)10-20(9-14)23-22-18-5-6-19(13-18)24(22)26(27)25(23)21-11-16(3)8-17(4)12-21/h7-12,18-19,22,24H,5-6,13H2,1-4H3/t18-,19+,22-,24-/m0/s1. The normalized spacial score (nSPS) is 29.0. The molecule has 0 unspecified atom stereocenters. The molecule has 1 nitrogen and oxygen atoms in total. The van der Waals surface area contributed by atoms with Gasteiger partial charge in [0.05, 0.1) is 0 Å². The van der Waals surface area contributed by atoms with Crippen LogP contribution in [0.2, 0.25) is 0 Å². The number of fused-ring (bicyclic) bond motifs is 5. The molecule has 2 saturated carbocycles. The Morgan fingerprint density at radius 3 is 1.70 bits per heavy atom. The molecule has 0 saturated heterocycles. The molecule has 0 heterocycles. The van der Waals surface area contributed by atoms with E-state index >= 15 is 0 Å². The average molecular weight is 357 g/mol. The Kier molecular flexibility index (Phi) is 3.73.